The first-order valence-electron chi connectivity index (χ1n) is 10.1. The number of carbonyl (C=O) groups excluding carboxylic acids is 1. The van der Waals surface area contributed by atoms with E-state index in [0.29, 0.717) is 27.5 Å². The van der Waals surface area contributed by atoms with Crippen molar-refractivity contribution >= 4 is 50.3 Å². The van der Waals surface area contributed by atoms with Crippen LogP contribution in [0, 0.1) is 6.92 Å². The molecule has 33 heavy (non-hydrogen) atoms. The molecule has 0 saturated heterocycles. The minimum atomic E-state index is -0.270. The van der Waals surface area contributed by atoms with Crippen molar-refractivity contribution < 1.29 is 9.21 Å². The number of pyridine rings is 1. The lowest BCUT2D eigenvalue weighted by molar-refractivity contribution is -0.116. The molecule has 10 heteroatoms. The lowest BCUT2D eigenvalue weighted by atomic mass is 10.1. The Balaban J connectivity index is 1.35. The van der Waals surface area contributed by atoms with E-state index in [1.165, 1.54) is 0 Å². The molecule has 0 radical (unpaired) electrons. The molecule has 5 aromatic rings. The van der Waals surface area contributed by atoms with Crippen LogP contribution >= 0.6 is 27.5 Å². The second-order valence-corrected chi connectivity index (χ2v) is 8.70. The van der Waals surface area contributed by atoms with Crippen molar-refractivity contribution in [3.63, 3.8) is 0 Å². The molecule has 0 atom stereocenters. The van der Waals surface area contributed by atoms with Gasteiger partial charge in [0.2, 0.25) is 5.91 Å². The number of amides is 1. The van der Waals surface area contributed by atoms with Crippen LogP contribution in [0.3, 0.4) is 0 Å². The van der Waals surface area contributed by atoms with Gasteiger partial charge in [0.15, 0.2) is 11.5 Å². The lowest BCUT2D eigenvalue weighted by Crippen LogP contribution is -2.20. The van der Waals surface area contributed by atoms with Crippen LogP contribution in [0.25, 0.3) is 22.4 Å². The van der Waals surface area contributed by atoms with Crippen LogP contribution in [0.2, 0.25) is 5.02 Å². The number of aryl methyl sites for hydroxylation is 1. The first-order valence-corrected chi connectivity index (χ1v) is 11.3. The van der Waals surface area contributed by atoms with Gasteiger partial charge in [0, 0.05) is 23.0 Å². The normalized spacial score (nSPS) is 11.2. The standard InChI is InChI=1S/C23H18BrClN6O2/c1-14-21-16(19-7-4-10-33-19)8-9-26-23(21)31(28-14)13-20(32)27-22-17(24)12-30(29-22)11-15-5-2-3-6-18(15)25/h2-10,12H,11,13H2,1H3,(H,27,29,32). The number of hydrogen-bond donors (Lipinski definition) is 1. The monoisotopic (exact) mass is 524 g/mol. The maximum atomic E-state index is 12.8. The Kier molecular flexibility index (Phi) is 5.74. The molecule has 8 nitrogen and oxygen atoms in total. The van der Waals surface area contributed by atoms with Gasteiger partial charge in [-0.25, -0.2) is 9.67 Å². The molecule has 0 unspecified atom stereocenters. The zero-order chi connectivity index (χ0) is 22.9. The molecule has 0 bridgehead atoms. The van der Waals surface area contributed by atoms with Gasteiger partial charge in [-0.1, -0.05) is 29.8 Å². The molecule has 0 aliphatic carbocycles. The highest BCUT2D eigenvalue weighted by Gasteiger charge is 2.18. The Morgan fingerprint density at radius 2 is 2.03 bits per heavy atom. The largest absolute Gasteiger partial charge is 0.464 e. The van der Waals surface area contributed by atoms with Crippen molar-refractivity contribution in [2.75, 3.05) is 5.32 Å². The summed E-state index contributed by atoms with van der Waals surface area (Å²) in [5, 5.41) is 13.4. The Hall–Kier alpha value is -3.43. The van der Waals surface area contributed by atoms with Crippen LogP contribution in [0.1, 0.15) is 11.3 Å². The van der Waals surface area contributed by atoms with E-state index < -0.39 is 0 Å². The quantitative estimate of drug-likeness (QED) is 0.325. The Morgan fingerprint density at radius 3 is 2.82 bits per heavy atom. The molecule has 1 N–H and O–H groups in total. The minimum Gasteiger partial charge on any atom is -0.464 e. The summed E-state index contributed by atoms with van der Waals surface area (Å²) < 4.78 is 9.52. The third kappa shape index (κ3) is 4.29. The van der Waals surface area contributed by atoms with Gasteiger partial charge >= 0.3 is 0 Å². The summed E-state index contributed by atoms with van der Waals surface area (Å²) in [6, 6.07) is 13.2. The Bertz CT molecular complexity index is 1460. The smallest absolute Gasteiger partial charge is 0.247 e. The Morgan fingerprint density at radius 1 is 1.18 bits per heavy atom. The minimum absolute atomic E-state index is 0.0111. The highest BCUT2D eigenvalue weighted by molar-refractivity contribution is 9.10. The molecule has 4 aromatic heterocycles. The average Bonchev–Trinajstić information content (AvgIpc) is 3.51. The van der Waals surface area contributed by atoms with E-state index in [2.05, 4.69) is 36.4 Å². The number of rotatable bonds is 6. The third-order valence-electron chi connectivity index (χ3n) is 5.15. The summed E-state index contributed by atoms with van der Waals surface area (Å²) in [4.78, 5) is 17.3. The fraction of sp³-hybridized carbons (Fsp3) is 0.130. The summed E-state index contributed by atoms with van der Waals surface area (Å²) >= 11 is 9.71. The van der Waals surface area contributed by atoms with Gasteiger partial charge in [-0.2, -0.15) is 10.2 Å². The zero-order valence-electron chi connectivity index (χ0n) is 17.5. The first kappa shape index (κ1) is 21.4. The second-order valence-electron chi connectivity index (χ2n) is 7.44. The summed E-state index contributed by atoms with van der Waals surface area (Å²) in [5.74, 6) is 0.875. The van der Waals surface area contributed by atoms with Crippen molar-refractivity contribution in [3.05, 3.63) is 81.9 Å². The van der Waals surface area contributed by atoms with Gasteiger partial charge in [0.25, 0.3) is 0 Å². The SMILES string of the molecule is Cc1nn(CC(=O)Nc2nn(Cc3ccccc3Cl)cc2Br)c2nccc(-c3ccco3)c12. The van der Waals surface area contributed by atoms with E-state index in [9.17, 15) is 4.79 Å². The van der Waals surface area contributed by atoms with Gasteiger partial charge in [0.1, 0.15) is 12.3 Å². The molecule has 0 fully saturated rings. The molecular formula is C23H18BrClN6O2. The molecule has 1 aromatic carbocycles. The number of nitrogens with zero attached hydrogens (tertiary/aromatic N) is 5. The maximum absolute atomic E-state index is 12.8. The number of fused-ring (bicyclic) bond motifs is 1. The van der Waals surface area contributed by atoms with Crippen LogP contribution in [0.4, 0.5) is 5.82 Å². The molecule has 4 heterocycles. The number of halogens is 2. The lowest BCUT2D eigenvalue weighted by Gasteiger charge is -2.05. The van der Waals surface area contributed by atoms with Gasteiger partial charge in [-0.05, 0) is 52.7 Å². The number of nitrogens with one attached hydrogen (secondary N) is 1. The Labute approximate surface area is 202 Å². The van der Waals surface area contributed by atoms with Crippen molar-refractivity contribution in [2.24, 2.45) is 0 Å². The number of aromatic nitrogens is 5. The fourth-order valence-electron chi connectivity index (χ4n) is 3.70. The van der Waals surface area contributed by atoms with E-state index >= 15 is 0 Å². The molecular weight excluding hydrogens is 508 g/mol. The molecule has 5 rings (SSSR count). The summed E-state index contributed by atoms with van der Waals surface area (Å²) in [7, 11) is 0. The maximum Gasteiger partial charge on any atom is 0.247 e. The van der Waals surface area contributed by atoms with Crippen LogP contribution in [-0.2, 0) is 17.9 Å². The van der Waals surface area contributed by atoms with Gasteiger partial charge < -0.3 is 9.73 Å². The second kappa shape index (κ2) is 8.84. The topological polar surface area (TPSA) is 90.8 Å². The zero-order valence-corrected chi connectivity index (χ0v) is 19.8. The predicted octanol–water partition coefficient (Wildman–Crippen LogP) is 5.30. The van der Waals surface area contributed by atoms with E-state index in [0.717, 1.165) is 28.0 Å². The van der Waals surface area contributed by atoms with Crippen LogP contribution < -0.4 is 5.32 Å². The summed E-state index contributed by atoms with van der Waals surface area (Å²) in [6.45, 7) is 2.36. The fourth-order valence-corrected chi connectivity index (χ4v) is 4.31. The van der Waals surface area contributed by atoms with E-state index in [4.69, 9.17) is 16.0 Å². The summed E-state index contributed by atoms with van der Waals surface area (Å²) in [6.07, 6.45) is 5.10. The van der Waals surface area contributed by atoms with Crippen LogP contribution in [-0.4, -0.2) is 30.5 Å². The number of anilines is 1. The van der Waals surface area contributed by atoms with Crippen LogP contribution in [0.15, 0.2) is 70.0 Å². The first-order chi connectivity index (χ1) is 16.0. The van der Waals surface area contributed by atoms with Crippen molar-refractivity contribution in [1.29, 1.82) is 0 Å². The summed E-state index contributed by atoms with van der Waals surface area (Å²) in [5.41, 5.74) is 3.20. The number of hydrogen-bond acceptors (Lipinski definition) is 5. The van der Waals surface area contributed by atoms with Crippen molar-refractivity contribution in [2.45, 2.75) is 20.0 Å². The highest BCUT2D eigenvalue weighted by atomic mass is 79.9. The van der Waals surface area contributed by atoms with E-state index in [1.54, 1.807) is 28.0 Å². The number of carbonyl (C=O) groups is 1. The van der Waals surface area contributed by atoms with E-state index in [1.807, 2.05) is 49.4 Å². The van der Waals surface area contributed by atoms with Crippen LogP contribution in [0.5, 0.6) is 0 Å². The molecule has 166 valence electrons. The van der Waals surface area contributed by atoms with Crippen molar-refractivity contribution in [3.8, 4) is 11.3 Å². The highest BCUT2D eigenvalue weighted by Crippen LogP contribution is 2.30. The van der Waals surface area contributed by atoms with Gasteiger partial charge in [-0.15, -0.1) is 0 Å². The van der Waals surface area contributed by atoms with Gasteiger partial charge in [-0.3, -0.25) is 9.48 Å². The molecule has 0 aliphatic rings. The number of benzene rings is 1. The molecule has 0 saturated carbocycles. The van der Waals surface area contributed by atoms with Crippen molar-refractivity contribution in [1.82, 2.24) is 24.5 Å². The molecule has 0 aliphatic heterocycles. The molecule has 0 spiro atoms. The predicted molar refractivity (Wildman–Crippen MR) is 129 cm³/mol. The number of furan rings is 1. The van der Waals surface area contributed by atoms with E-state index in [-0.39, 0.29) is 12.5 Å². The van der Waals surface area contributed by atoms with Gasteiger partial charge in [0.05, 0.1) is 28.4 Å². The third-order valence-corrected chi connectivity index (χ3v) is 6.10. The molecule has 1 amide bonds. The average molecular weight is 526 g/mol.